The summed E-state index contributed by atoms with van der Waals surface area (Å²) < 4.78 is 0. The normalized spacial score (nSPS) is 10.6. The highest BCUT2D eigenvalue weighted by molar-refractivity contribution is 5.85. The van der Waals surface area contributed by atoms with Crippen LogP contribution in [0.2, 0.25) is 0 Å². The van der Waals surface area contributed by atoms with Crippen molar-refractivity contribution in [1.82, 2.24) is 10.2 Å². The molecule has 192 valence electrons. The third kappa shape index (κ3) is 41.0. The van der Waals surface area contributed by atoms with E-state index in [4.69, 9.17) is 0 Å². The Morgan fingerprint density at radius 2 is 0.645 bits per heavy atom. The van der Waals surface area contributed by atoms with E-state index in [9.17, 15) is 0 Å². The second-order valence-corrected chi connectivity index (χ2v) is 9.51. The van der Waals surface area contributed by atoms with E-state index in [1.54, 1.807) is 0 Å². The van der Waals surface area contributed by atoms with Gasteiger partial charge in [0.05, 0.1) is 0 Å². The van der Waals surface area contributed by atoms with Gasteiger partial charge in [-0.25, -0.2) is 0 Å². The quantitative estimate of drug-likeness (QED) is 0.152. The maximum absolute atomic E-state index is 3.64. The van der Waals surface area contributed by atoms with Crippen LogP contribution < -0.4 is 5.32 Å². The first-order valence-corrected chi connectivity index (χ1v) is 14.0. The fourth-order valence-electron chi connectivity index (χ4n) is 3.60. The van der Waals surface area contributed by atoms with Gasteiger partial charge >= 0.3 is 0 Å². The lowest BCUT2D eigenvalue weighted by atomic mass is 10.1. The van der Waals surface area contributed by atoms with E-state index in [0.29, 0.717) is 0 Å². The molecule has 0 spiro atoms. The van der Waals surface area contributed by atoms with Gasteiger partial charge in [0.1, 0.15) is 0 Å². The number of halogens is 1. The summed E-state index contributed by atoms with van der Waals surface area (Å²) >= 11 is 0. The van der Waals surface area contributed by atoms with Gasteiger partial charge in [0.2, 0.25) is 0 Å². The van der Waals surface area contributed by atoms with Gasteiger partial charge in [-0.15, -0.1) is 12.4 Å². The molecule has 2 nitrogen and oxygen atoms in total. The second-order valence-electron chi connectivity index (χ2n) is 9.51. The van der Waals surface area contributed by atoms with Crippen molar-refractivity contribution in [2.45, 2.75) is 149 Å². The Labute approximate surface area is 205 Å². The number of unbranched alkanes of at least 4 members (excludes halogenated alkanes) is 18. The first kappa shape index (κ1) is 35.8. The van der Waals surface area contributed by atoms with Crippen LogP contribution in [0.1, 0.15) is 149 Å². The highest BCUT2D eigenvalue weighted by atomic mass is 35.5. The van der Waals surface area contributed by atoms with Gasteiger partial charge < -0.3 is 10.2 Å². The number of nitrogens with one attached hydrogen (secondary N) is 1. The number of hydrogen-bond donors (Lipinski definition) is 1. The molecule has 0 aliphatic heterocycles. The van der Waals surface area contributed by atoms with Crippen LogP contribution in [0, 0.1) is 0 Å². The van der Waals surface area contributed by atoms with Gasteiger partial charge in [-0.2, -0.15) is 0 Å². The van der Waals surface area contributed by atoms with Crippen LogP contribution in [0.3, 0.4) is 0 Å². The van der Waals surface area contributed by atoms with E-state index in [0.717, 1.165) is 6.54 Å². The van der Waals surface area contributed by atoms with Crippen molar-refractivity contribution >= 4 is 12.4 Å². The van der Waals surface area contributed by atoms with Crippen LogP contribution in [0.5, 0.6) is 0 Å². The minimum Gasteiger partial charge on any atom is -0.317 e. The largest absolute Gasteiger partial charge is 0.317 e. The molecule has 0 atom stereocenters. The van der Waals surface area contributed by atoms with E-state index in [1.807, 2.05) is 0 Å². The van der Waals surface area contributed by atoms with E-state index in [2.05, 4.69) is 45.1 Å². The molecule has 0 aliphatic rings. The summed E-state index contributed by atoms with van der Waals surface area (Å²) in [7, 11) is 4.11. The third-order valence-corrected chi connectivity index (χ3v) is 6.05. The van der Waals surface area contributed by atoms with Crippen molar-refractivity contribution in [1.29, 1.82) is 0 Å². The molecule has 0 heterocycles. The molecular formula is C28H63ClN2. The highest BCUT2D eigenvalue weighted by Gasteiger charge is 1.94. The molecule has 0 amide bonds. The van der Waals surface area contributed by atoms with Crippen LogP contribution in [-0.4, -0.2) is 38.6 Å². The van der Waals surface area contributed by atoms with Crippen molar-refractivity contribution in [2.75, 3.05) is 33.7 Å². The molecule has 31 heavy (non-hydrogen) atoms. The molecule has 0 aliphatic carbocycles. The van der Waals surface area contributed by atoms with Gasteiger partial charge in [0.15, 0.2) is 0 Å². The molecule has 0 saturated heterocycles. The average Bonchev–Trinajstić information content (AvgIpc) is 2.75. The van der Waals surface area contributed by atoms with E-state index in [1.165, 1.54) is 142 Å². The second kappa shape index (κ2) is 34.8. The third-order valence-electron chi connectivity index (χ3n) is 6.05. The highest BCUT2D eigenvalue weighted by Crippen LogP contribution is 2.11. The Bertz CT molecular complexity index is 250. The molecule has 3 heteroatoms. The maximum Gasteiger partial charge on any atom is -0.00489 e. The Hall–Kier alpha value is 0.210. The van der Waals surface area contributed by atoms with Crippen molar-refractivity contribution in [3.05, 3.63) is 0 Å². The molecule has 0 rings (SSSR count). The van der Waals surface area contributed by atoms with E-state index in [-0.39, 0.29) is 12.4 Å². The van der Waals surface area contributed by atoms with E-state index < -0.39 is 0 Å². The minimum atomic E-state index is 0. The van der Waals surface area contributed by atoms with Crippen molar-refractivity contribution in [3.63, 3.8) is 0 Å². The topological polar surface area (TPSA) is 15.3 Å². The summed E-state index contributed by atoms with van der Waals surface area (Å²) in [5, 5.41) is 3.64. The Kier molecular flexibility index (Phi) is 40.2. The standard InChI is InChI=1S/C24H51N.C4H11N.ClH/c1-3-5-7-9-11-13-15-17-19-21-23-25-24-22-20-18-16-14-12-10-8-6-4-2;1-4-5(2)3;/h25H,3-24H2,1-2H3;4H2,1-3H3;1H. The monoisotopic (exact) mass is 462 g/mol. The van der Waals surface area contributed by atoms with Crippen molar-refractivity contribution in [2.24, 2.45) is 0 Å². The van der Waals surface area contributed by atoms with Crippen molar-refractivity contribution in [3.8, 4) is 0 Å². The van der Waals surface area contributed by atoms with Gasteiger partial charge in [-0.3, -0.25) is 0 Å². The van der Waals surface area contributed by atoms with Crippen LogP contribution in [-0.2, 0) is 0 Å². The lowest BCUT2D eigenvalue weighted by Gasteiger charge is -2.05. The summed E-state index contributed by atoms with van der Waals surface area (Å²) in [5.41, 5.74) is 0. The van der Waals surface area contributed by atoms with Crippen LogP contribution in [0.4, 0.5) is 0 Å². The minimum absolute atomic E-state index is 0. The van der Waals surface area contributed by atoms with Gasteiger partial charge in [0.25, 0.3) is 0 Å². The molecule has 0 unspecified atom stereocenters. The lowest BCUT2D eigenvalue weighted by Crippen LogP contribution is -2.16. The van der Waals surface area contributed by atoms with Gasteiger partial charge in [-0.05, 0) is 46.6 Å². The zero-order chi connectivity index (χ0) is 22.5. The molecule has 0 aromatic heterocycles. The first-order valence-electron chi connectivity index (χ1n) is 14.0. The zero-order valence-electron chi connectivity index (χ0n) is 22.6. The molecule has 0 saturated carbocycles. The summed E-state index contributed by atoms with van der Waals surface area (Å²) in [6.07, 6.45) is 28.8. The molecule has 0 bridgehead atoms. The molecule has 0 fully saturated rings. The Balaban J connectivity index is -0.00000116. The molecular weight excluding hydrogens is 400 g/mol. The fraction of sp³-hybridized carbons (Fsp3) is 1.00. The predicted octanol–water partition coefficient (Wildman–Crippen LogP) is 9.41. The molecule has 1 N–H and O–H groups in total. The van der Waals surface area contributed by atoms with Gasteiger partial charge in [-0.1, -0.05) is 136 Å². The Morgan fingerprint density at radius 3 is 0.871 bits per heavy atom. The van der Waals surface area contributed by atoms with Crippen LogP contribution in [0.15, 0.2) is 0 Å². The van der Waals surface area contributed by atoms with Crippen LogP contribution in [0.25, 0.3) is 0 Å². The summed E-state index contributed by atoms with van der Waals surface area (Å²) in [5.74, 6) is 0. The van der Waals surface area contributed by atoms with E-state index >= 15 is 0 Å². The van der Waals surface area contributed by atoms with Crippen LogP contribution >= 0.6 is 12.4 Å². The average molecular weight is 463 g/mol. The lowest BCUT2D eigenvalue weighted by molar-refractivity contribution is 0.434. The maximum atomic E-state index is 3.64. The summed E-state index contributed by atoms with van der Waals surface area (Å²) in [4.78, 5) is 2.12. The number of nitrogens with zero attached hydrogens (tertiary/aromatic N) is 1. The SMILES string of the molecule is CCCCCCCCCCCCNCCCCCCCCCCCC.CCN(C)C.Cl. The smallest absolute Gasteiger partial charge is 0.00489 e. The number of hydrogen-bond acceptors (Lipinski definition) is 2. The Morgan fingerprint density at radius 1 is 0.419 bits per heavy atom. The summed E-state index contributed by atoms with van der Waals surface area (Å²) in [6, 6.07) is 0. The van der Waals surface area contributed by atoms with Crippen molar-refractivity contribution < 1.29 is 0 Å². The van der Waals surface area contributed by atoms with Gasteiger partial charge in [0, 0.05) is 0 Å². The molecule has 0 aromatic carbocycles. The predicted molar refractivity (Wildman–Crippen MR) is 148 cm³/mol. The first-order chi connectivity index (χ1) is 14.7. The molecule has 0 radical (unpaired) electrons. The summed E-state index contributed by atoms with van der Waals surface area (Å²) in [6.45, 7) is 10.3. The fourth-order valence-corrected chi connectivity index (χ4v) is 3.60. The zero-order valence-corrected chi connectivity index (χ0v) is 23.4. The molecule has 0 aromatic rings. The number of rotatable bonds is 23.